The Morgan fingerprint density at radius 3 is 1.70 bits per heavy atom. The average molecular weight is 501 g/mol. The molecule has 190 valence electrons. The Morgan fingerprint density at radius 1 is 0.811 bits per heavy atom. The maximum Gasteiger partial charge on any atom is 0.258 e. The van der Waals surface area contributed by atoms with Crippen LogP contribution in [0.25, 0.3) is 11.4 Å². The molecule has 1 unspecified atom stereocenters. The van der Waals surface area contributed by atoms with Gasteiger partial charge >= 0.3 is 0 Å². The van der Waals surface area contributed by atoms with Gasteiger partial charge in [0.05, 0.1) is 22.5 Å². The molecule has 2 aromatic carbocycles. The van der Waals surface area contributed by atoms with E-state index in [9.17, 15) is 19.2 Å². The van der Waals surface area contributed by atoms with Crippen molar-refractivity contribution in [3.05, 3.63) is 81.9 Å². The van der Waals surface area contributed by atoms with Crippen molar-refractivity contribution in [3.63, 3.8) is 0 Å². The predicted octanol–water partition coefficient (Wildman–Crippen LogP) is 0.143. The second kappa shape index (κ2) is 9.74. The summed E-state index contributed by atoms with van der Waals surface area (Å²) in [5, 5.41) is 8.72. The van der Waals surface area contributed by atoms with Gasteiger partial charge in [0.25, 0.3) is 11.8 Å². The van der Waals surface area contributed by atoms with E-state index < -0.39 is 23.9 Å². The van der Waals surface area contributed by atoms with Crippen molar-refractivity contribution >= 4 is 34.9 Å². The summed E-state index contributed by atoms with van der Waals surface area (Å²) in [6.07, 6.45) is -0.425. The van der Waals surface area contributed by atoms with Gasteiger partial charge in [-0.1, -0.05) is 36.4 Å². The molecule has 2 aromatic rings. The molecule has 5 rings (SSSR count). The Labute approximate surface area is 214 Å². The molecular weight excluding hydrogens is 472 g/mol. The Kier molecular flexibility index (Phi) is 6.46. The lowest BCUT2D eigenvalue weighted by atomic mass is 9.99. The quantitative estimate of drug-likeness (QED) is 0.397. The number of primary amides is 1. The minimum atomic E-state index is -0.562. The maximum atomic E-state index is 13.2. The van der Waals surface area contributed by atoms with Crippen LogP contribution in [0, 0.1) is 0 Å². The van der Waals surface area contributed by atoms with Crippen LogP contribution in [-0.4, -0.2) is 79.7 Å². The second-order valence-electron chi connectivity index (χ2n) is 9.32. The summed E-state index contributed by atoms with van der Waals surface area (Å²) < 4.78 is 0. The third kappa shape index (κ3) is 4.46. The molecule has 5 N–H and O–H groups in total. The molecule has 10 heteroatoms. The van der Waals surface area contributed by atoms with Gasteiger partial charge in [0.2, 0.25) is 5.91 Å². The van der Waals surface area contributed by atoms with E-state index in [1.165, 1.54) is 0 Å². The minimum Gasteiger partial charge on any atom is -0.366 e. The first-order valence-electron chi connectivity index (χ1n) is 12.0. The number of fused-ring (bicyclic) bond motifs is 1. The number of hydrogen-bond acceptors (Lipinski definition) is 7. The van der Waals surface area contributed by atoms with Gasteiger partial charge in [-0.25, -0.2) is 0 Å². The normalized spacial score (nSPS) is 19.1. The molecule has 1 fully saturated rings. The van der Waals surface area contributed by atoms with Crippen LogP contribution in [-0.2, 0) is 9.59 Å². The van der Waals surface area contributed by atoms with Gasteiger partial charge in [-0.2, -0.15) is 0 Å². The molecule has 1 saturated heterocycles. The van der Waals surface area contributed by atoms with Crippen LogP contribution in [0.2, 0.25) is 0 Å². The molecule has 0 saturated carbocycles. The first-order valence-corrected chi connectivity index (χ1v) is 12.0. The van der Waals surface area contributed by atoms with Crippen LogP contribution >= 0.6 is 0 Å². The van der Waals surface area contributed by atoms with E-state index >= 15 is 0 Å². The molecule has 0 radical (unpaired) electrons. The molecule has 0 aliphatic carbocycles. The maximum absolute atomic E-state index is 13.2. The summed E-state index contributed by atoms with van der Waals surface area (Å²) >= 11 is 0. The monoisotopic (exact) mass is 500 g/mol. The second-order valence-corrected chi connectivity index (χ2v) is 9.32. The smallest absolute Gasteiger partial charge is 0.258 e. The van der Waals surface area contributed by atoms with Gasteiger partial charge in [-0.05, 0) is 37.4 Å². The van der Waals surface area contributed by atoms with Crippen LogP contribution in [0.5, 0.6) is 0 Å². The number of rotatable bonds is 7. The van der Waals surface area contributed by atoms with E-state index in [0.29, 0.717) is 33.6 Å². The van der Waals surface area contributed by atoms with E-state index in [-0.39, 0.29) is 16.9 Å². The largest absolute Gasteiger partial charge is 0.366 e. The molecule has 0 aromatic heterocycles. The summed E-state index contributed by atoms with van der Waals surface area (Å²) in [7, 11) is 3.85. The number of carbonyl (C=O) groups excluding carboxylic acids is 4. The number of piperazine rings is 1. The van der Waals surface area contributed by atoms with Crippen LogP contribution in [0.1, 0.15) is 31.8 Å². The third-order valence-corrected chi connectivity index (χ3v) is 7.02. The number of ketones is 1. The first kappa shape index (κ1) is 24.6. The summed E-state index contributed by atoms with van der Waals surface area (Å²) in [6, 6.07) is 13.3. The van der Waals surface area contributed by atoms with E-state index in [1.54, 1.807) is 55.6 Å². The van der Waals surface area contributed by atoms with Gasteiger partial charge in [0, 0.05) is 37.3 Å². The number of nitrogens with one attached hydrogen (secondary N) is 3. The Hall–Kier alpha value is -4.12. The number of carbonyl (C=O) groups is 4. The Balaban J connectivity index is 1.42. The highest BCUT2D eigenvalue weighted by molar-refractivity contribution is 6.30. The highest BCUT2D eigenvalue weighted by atomic mass is 16.2. The summed E-state index contributed by atoms with van der Waals surface area (Å²) in [5.41, 5.74) is 8.65. The van der Waals surface area contributed by atoms with Gasteiger partial charge in [0.1, 0.15) is 6.17 Å². The molecular formula is C27H28N6O4. The lowest BCUT2D eigenvalue weighted by Crippen LogP contribution is -2.56. The molecule has 0 spiro atoms. The number of benzene rings is 2. The van der Waals surface area contributed by atoms with Gasteiger partial charge < -0.3 is 21.3 Å². The number of amides is 3. The van der Waals surface area contributed by atoms with Crippen molar-refractivity contribution in [1.82, 2.24) is 25.8 Å². The third-order valence-electron chi connectivity index (χ3n) is 7.02. The predicted molar refractivity (Wildman–Crippen MR) is 138 cm³/mol. The fourth-order valence-corrected chi connectivity index (χ4v) is 4.93. The van der Waals surface area contributed by atoms with E-state index in [1.807, 2.05) is 0 Å². The standard InChI is InChI=1S/C27H28N6O4/c1-29-25(33-13-11-32(2)12-14-33)23(34)17-7-3-15(4-8-17)21-19-20(27(37)30-21)22(31-26(19)36)16-5-9-18(10-6-16)24(28)35/h3-10,25,29H,11-14H2,1-2H3,(H2,28,35)(H,30,37)(H,31,36). The zero-order valence-electron chi connectivity index (χ0n) is 20.6. The van der Waals surface area contributed by atoms with Gasteiger partial charge in [-0.3, -0.25) is 29.4 Å². The first-order chi connectivity index (χ1) is 17.8. The van der Waals surface area contributed by atoms with Crippen molar-refractivity contribution in [2.24, 2.45) is 5.73 Å². The summed E-state index contributed by atoms with van der Waals surface area (Å²) in [4.78, 5) is 54.8. The van der Waals surface area contributed by atoms with Crippen molar-refractivity contribution in [2.75, 3.05) is 40.3 Å². The van der Waals surface area contributed by atoms with Crippen molar-refractivity contribution in [1.29, 1.82) is 0 Å². The molecule has 3 heterocycles. The lowest BCUT2D eigenvalue weighted by molar-refractivity contribution is -0.117. The molecule has 3 aliphatic heterocycles. The van der Waals surface area contributed by atoms with Crippen LogP contribution < -0.4 is 21.7 Å². The summed E-state index contributed by atoms with van der Waals surface area (Å²) in [6.45, 7) is 3.39. The molecule has 0 bridgehead atoms. The highest BCUT2D eigenvalue weighted by Crippen LogP contribution is 2.37. The highest BCUT2D eigenvalue weighted by Gasteiger charge is 2.41. The van der Waals surface area contributed by atoms with Gasteiger partial charge in [0.15, 0.2) is 5.78 Å². The number of likely N-dealkylation sites (N-methyl/N-ethyl adjacent to an activating group) is 2. The lowest BCUT2D eigenvalue weighted by Gasteiger charge is -2.37. The fraction of sp³-hybridized carbons (Fsp3) is 0.259. The number of nitrogens with two attached hydrogens (primary N) is 1. The number of Topliss-reactive ketones (excluding diaryl/α,β-unsaturated/α-hetero) is 1. The van der Waals surface area contributed by atoms with Gasteiger partial charge in [-0.15, -0.1) is 0 Å². The van der Waals surface area contributed by atoms with Crippen LogP contribution in [0.15, 0.2) is 59.7 Å². The molecule has 10 nitrogen and oxygen atoms in total. The van der Waals surface area contributed by atoms with Crippen LogP contribution in [0.4, 0.5) is 0 Å². The minimum absolute atomic E-state index is 0.0346. The zero-order chi connectivity index (χ0) is 26.3. The van der Waals surface area contributed by atoms with Crippen molar-refractivity contribution in [3.8, 4) is 0 Å². The molecule has 1 atom stereocenters. The number of nitrogens with zero attached hydrogens (tertiary/aromatic N) is 2. The summed E-state index contributed by atoms with van der Waals surface area (Å²) in [5.74, 6) is -1.40. The average Bonchev–Trinajstić information content (AvgIpc) is 3.43. The topological polar surface area (TPSA) is 137 Å². The molecule has 3 aliphatic rings. The van der Waals surface area contributed by atoms with Crippen LogP contribution in [0.3, 0.4) is 0 Å². The van der Waals surface area contributed by atoms with E-state index in [4.69, 9.17) is 5.73 Å². The van der Waals surface area contributed by atoms with Crippen molar-refractivity contribution in [2.45, 2.75) is 6.17 Å². The molecule has 3 amide bonds. The van der Waals surface area contributed by atoms with Crippen molar-refractivity contribution < 1.29 is 19.2 Å². The molecule has 37 heavy (non-hydrogen) atoms. The van der Waals surface area contributed by atoms with E-state index in [2.05, 4.69) is 32.8 Å². The van der Waals surface area contributed by atoms with E-state index in [0.717, 1.165) is 26.2 Å². The fourth-order valence-electron chi connectivity index (χ4n) is 4.93. The SMILES string of the molecule is CNC(C(=O)c1ccc(C2=C3C(=O)NC(c4ccc(C(N)=O)cc4)=C3C(=O)N2)cc1)N1CCN(C)CC1. The number of hydrogen-bond donors (Lipinski definition) is 4. The Morgan fingerprint density at radius 2 is 1.27 bits per heavy atom. The Bertz CT molecular complexity index is 1350. The zero-order valence-corrected chi connectivity index (χ0v) is 20.6.